The summed E-state index contributed by atoms with van der Waals surface area (Å²) >= 11 is 0. The predicted molar refractivity (Wildman–Crippen MR) is 47.0 cm³/mol. The lowest BCUT2D eigenvalue weighted by molar-refractivity contribution is -0.108. The summed E-state index contributed by atoms with van der Waals surface area (Å²) in [5.41, 5.74) is 2.25. The van der Waals surface area contributed by atoms with Crippen molar-refractivity contribution in [3.05, 3.63) is 23.4 Å². The third-order valence-electron chi connectivity index (χ3n) is 1.85. The van der Waals surface area contributed by atoms with E-state index in [4.69, 9.17) is 0 Å². The maximum atomic E-state index is 10.2. The van der Waals surface area contributed by atoms with Gasteiger partial charge in [-0.3, -0.25) is 4.79 Å². The van der Waals surface area contributed by atoms with Gasteiger partial charge in [0.2, 0.25) is 6.41 Å². The van der Waals surface area contributed by atoms with Crippen LogP contribution >= 0.6 is 0 Å². The van der Waals surface area contributed by atoms with Gasteiger partial charge in [0.05, 0.1) is 0 Å². The van der Waals surface area contributed by atoms with Gasteiger partial charge in [-0.25, -0.2) is 0 Å². The Balaban J connectivity index is 0.00000121. The molecule has 0 heterocycles. The molecule has 2 nitrogen and oxygen atoms in total. The minimum Gasteiger partial charge on any atom is -0.329 e. The van der Waals surface area contributed by atoms with E-state index in [1.165, 1.54) is 5.57 Å². The molecule has 1 aliphatic rings. The quantitative estimate of drug-likeness (QED) is 0.617. The molecule has 0 saturated carbocycles. The van der Waals surface area contributed by atoms with Gasteiger partial charge >= 0.3 is 0 Å². The molecule has 0 spiro atoms. The van der Waals surface area contributed by atoms with Gasteiger partial charge in [-0.15, -0.1) is 0 Å². The van der Waals surface area contributed by atoms with Crippen LogP contribution in [0.15, 0.2) is 23.4 Å². The Bertz CT molecular complexity index is 209. The second kappa shape index (κ2) is 3.96. The fourth-order valence-electron chi connectivity index (χ4n) is 1.28. The van der Waals surface area contributed by atoms with E-state index in [2.05, 4.69) is 24.4 Å². The van der Waals surface area contributed by atoms with Crippen LogP contribution in [0.2, 0.25) is 0 Å². The number of nitrogens with one attached hydrogen (secondary N) is 1. The highest BCUT2D eigenvalue weighted by molar-refractivity contribution is 5.54. The fraction of sp³-hybridized carbons (Fsp3) is 0.444. The summed E-state index contributed by atoms with van der Waals surface area (Å²) in [6.45, 7) is 2.09. The number of rotatable bonds is 3. The smallest absolute Gasteiger partial charge is 0.211 e. The Morgan fingerprint density at radius 1 is 1.64 bits per heavy atom. The van der Waals surface area contributed by atoms with Gasteiger partial charge in [0.25, 0.3) is 0 Å². The first-order chi connectivity index (χ1) is 5.38. The summed E-state index contributed by atoms with van der Waals surface area (Å²) in [5, 5.41) is 2.70. The van der Waals surface area contributed by atoms with E-state index >= 15 is 0 Å². The number of hydrogen-bond donors (Lipinski definition) is 1. The largest absolute Gasteiger partial charge is 0.329 e. The summed E-state index contributed by atoms with van der Waals surface area (Å²) in [5.74, 6) is 0. The van der Waals surface area contributed by atoms with Crippen molar-refractivity contribution < 1.29 is 6.22 Å². The predicted octanol–water partition coefficient (Wildman–Crippen LogP) is 1.99. The minimum absolute atomic E-state index is 0. The molecule has 0 atom stereocenters. The van der Waals surface area contributed by atoms with E-state index in [1.807, 2.05) is 0 Å². The van der Waals surface area contributed by atoms with Gasteiger partial charge in [-0.1, -0.05) is 19.1 Å². The van der Waals surface area contributed by atoms with Crippen LogP contribution < -0.4 is 5.32 Å². The van der Waals surface area contributed by atoms with Gasteiger partial charge in [0.1, 0.15) is 0 Å². The molecule has 11 heavy (non-hydrogen) atoms. The van der Waals surface area contributed by atoms with Crippen LogP contribution in [0.3, 0.4) is 0 Å². The number of carbonyl (C=O) groups excluding carboxylic acids is 1. The highest BCUT2D eigenvalue weighted by atomic mass is 16.1. The van der Waals surface area contributed by atoms with Crippen molar-refractivity contribution in [1.82, 2.24) is 5.32 Å². The Morgan fingerprint density at radius 3 is 3.00 bits per heavy atom. The zero-order valence-electron chi connectivity index (χ0n) is 6.76. The second-order valence-electron chi connectivity index (χ2n) is 2.54. The van der Waals surface area contributed by atoms with E-state index in [-0.39, 0.29) is 1.43 Å². The summed E-state index contributed by atoms with van der Waals surface area (Å²) < 4.78 is 0. The van der Waals surface area contributed by atoms with Crippen molar-refractivity contribution >= 4 is 6.41 Å². The summed E-state index contributed by atoms with van der Waals surface area (Å²) in [6, 6.07) is 0. The van der Waals surface area contributed by atoms with E-state index in [9.17, 15) is 4.79 Å². The molecule has 2 heteroatoms. The zero-order valence-corrected chi connectivity index (χ0v) is 6.76. The SMILES string of the molecule is CCC1=CCCC=C1NC=O.[HH]. The lowest BCUT2D eigenvalue weighted by Gasteiger charge is -2.12. The van der Waals surface area contributed by atoms with Crippen molar-refractivity contribution in [1.29, 1.82) is 0 Å². The number of carbonyl (C=O) groups is 1. The molecule has 1 aliphatic carbocycles. The van der Waals surface area contributed by atoms with E-state index in [0.29, 0.717) is 0 Å². The molecule has 0 aromatic heterocycles. The van der Waals surface area contributed by atoms with Crippen molar-refractivity contribution in [2.75, 3.05) is 0 Å². The van der Waals surface area contributed by atoms with Crippen LogP contribution in [0, 0.1) is 0 Å². The van der Waals surface area contributed by atoms with Gasteiger partial charge < -0.3 is 5.32 Å². The molecule has 0 saturated heterocycles. The maximum absolute atomic E-state index is 10.2. The fourth-order valence-corrected chi connectivity index (χ4v) is 1.28. The number of hydrogen-bond acceptors (Lipinski definition) is 1. The molecular formula is C9H15NO. The van der Waals surface area contributed by atoms with E-state index in [0.717, 1.165) is 31.4 Å². The first-order valence-corrected chi connectivity index (χ1v) is 3.98. The van der Waals surface area contributed by atoms with Crippen molar-refractivity contribution in [2.24, 2.45) is 0 Å². The molecule has 0 radical (unpaired) electrons. The monoisotopic (exact) mass is 153 g/mol. The van der Waals surface area contributed by atoms with Gasteiger partial charge in [-0.2, -0.15) is 0 Å². The number of amides is 1. The minimum atomic E-state index is 0. The average Bonchev–Trinajstić information content (AvgIpc) is 2.06. The third-order valence-corrected chi connectivity index (χ3v) is 1.85. The lowest BCUT2D eigenvalue weighted by atomic mass is 10.0. The summed E-state index contributed by atoms with van der Waals surface area (Å²) in [7, 11) is 0. The number of allylic oxidation sites excluding steroid dienone is 3. The molecule has 0 aliphatic heterocycles. The Kier molecular flexibility index (Phi) is 2.90. The Morgan fingerprint density at radius 2 is 2.36 bits per heavy atom. The van der Waals surface area contributed by atoms with Crippen molar-refractivity contribution in [2.45, 2.75) is 26.2 Å². The van der Waals surface area contributed by atoms with Crippen LogP contribution in [0.4, 0.5) is 0 Å². The van der Waals surface area contributed by atoms with Crippen LogP contribution in [-0.4, -0.2) is 6.41 Å². The normalized spacial score (nSPS) is 16.8. The van der Waals surface area contributed by atoms with Crippen molar-refractivity contribution in [3.8, 4) is 0 Å². The molecular weight excluding hydrogens is 138 g/mol. The highest BCUT2D eigenvalue weighted by Gasteiger charge is 2.04. The highest BCUT2D eigenvalue weighted by Crippen LogP contribution is 2.18. The summed E-state index contributed by atoms with van der Waals surface area (Å²) in [6.07, 6.45) is 8.14. The van der Waals surface area contributed by atoms with Gasteiger partial charge in [0, 0.05) is 7.12 Å². The molecule has 1 N–H and O–H groups in total. The summed E-state index contributed by atoms with van der Waals surface area (Å²) in [4.78, 5) is 10.2. The van der Waals surface area contributed by atoms with Crippen LogP contribution in [0.1, 0.15) is 27.6 Å². The van der Waals surface area contributed by atoms with Crippen LogP contribution in [0.25, 0.3) is 0 Å². The molecule has 0 aromatic carbocycles. The first kappa shape index (κ1) is 8.05. The first-order valence-electron chi connectivity index (χ1n) is 3.98. The van der Waals surface area contributed by atoms with Gasteiger partial charge in [0.15, 0.2) is 0 Å². The molecule has 62 valence electrons. The molecule has 0 bridgehead atoms. The van der Waals surface area contributed by atoms with Crippen LogP contribution in [0.5, 0.6) is 0 Å². The third kappa shape index (κ3) is 1.93. The van der Waals surface area contributed by atoms with Crippen molar-refractivity contribution in [3.63, 3.8) is 0 Å². The standard InChI is InChI=1S/C9H13NO.H2/c1-2-8-5-3-4-6-9(8)10-7-11;/h5-7H,2-4H2,1H3,(H,10,11);1H. The van der Waals surface area contributed by atoms with E-state index in [1.54, 1.807) is 0 Å². The molecule has 1 rings (SSSR count). The maximum Gasteiger partial charge on any atom is 0.211 e. The molecule has 0 fully saturated rings. The zero-order chi connectivity index (χ0) is 8.10. The molecule has 1 amide bonds. The molecule has 0 aromatic rings. The van der Waals surface area contributed by atoms with E-state index < -0.39 is 0 Å². The molecule has 0 unspecified atom stereocenters. The van der Waals surface area contributed by atoms with Gasteiger partial charge in [-0.05, 0) is 24.8 Å². The lowest BCUT2D eigenvalue weighted by Crippen LogP contribution is -2.13. The topological polar surface area (TPSA) is 29.1 Å². The Labute approximate surface area is 68.5 Å². The average molecular weight is 153 g/mol. The Hall–Kier alpha value is -1.05. The van der Waals surface area contributed by atoms with Crippen LogP contribution in [-0.2, 0) is 4.79 Å². The second-order valence-corrected chi connectivity index (χ2v) is 2.54.